The van der Waals surface area contributed by atoms with Gasteiger partial charge in [-0.05, 0) is 7.05 Å². The van der Waals surface area contributed by atoms with E-state index in [9.17, 15) is 0 Å². The summed E-state index contributed by atoms with van der Waals surface area (Å²) in [6.07, 6.45) is 1.66. The summed E-state index contributed by atoms with van der Waals surface area (Å²) in [5.41, 5.74) is 7.88. The van der Waals surface area contributed by atoms with E-state index >= 15 is 0 Å². The first-order chi connectivity index (χ1) is 7.31. The number of nitrogens with one attached hydrogen (secondary N) is 1. The van der Waals surface area contributed by atoms with Crippen molar-refractivity contribution in [2.45, 2.75) is 19.4 Å². The molecule has 0 unspecified atom stereocenters. The molecule has 2 heterocycles. The fraction of sp³-hybridized carbons (Fsp3) is 0.600. The first-order valence-corrected chi connectivity index (χ1v) is 5.17. The molecule has 1 aliphatic rings. The molecule has 82 valence electrons. The molecule has 0 atom stereocenters. The molecular weight excluding hydrogens is 192 g/mol. The van der Waals surface area contributed by atoms with Gasteiger partial charge < -0.3 is 15.8 Å². The van der Waals surface area contributed by atoms with Crippen molar-refractivity contribution in [3.63, 3.8) is 0 Å². The van der Waals surface area contributed by atoms with E-state index in [4.69, 9.17) is 10.5 Å². The lowest BCUT2D eigenvalue weighted by atomic mass is 10.1. The highest BCUT2D eigenvalue weighted by molar-refractivity contribution is 5.42. The number of hydrogen-bond acceptors (Lipinski definition) is 5. The molecule has 5 heteroatoms. The fourth-order valence-corrected chi connectivity index (χ4v) is 1.66. The predicted molar refractivity (Wildman–Crippen MR) is 57.4 cm³/mol. The third-order valence-corrected chi connectivity index (χ3v) is 2.50. The van der Waals surface area contributed by atoms with Crippen LogP contribution in [0.4, 0.5) is 5.82 Å². The van der Waals surface area contributed by atoms with Crippen molar-refractivity contribution in [2.24, 2.45) is 0 Å². The van der Waals surface area contributed by atoms with Crippen LogP contribution in [0.3, 0.4) is 0 Å². The first kappa shape index (κ1) is 10.3. The Bertz CT molecular complexity index is 354. The van der Waals surface area contributed by atoms with E-state index in [2.05, 4.69) is 15.3 Å². The highest BCUT2D eigenvalue weighted by Gasteiger charge is 2.16. The Morgan fingerprint density at radius 3 is 3.13 bits per heavy atom. The average Bonchev–Trinajstić information content (AvgIpc) is 2.26. The second-order valence-electron chi connectivity index (χ2n) is 3.61. The van der Waals surface area contributed by atoms with E-state index in [-0.39, 0.29) is 0 Å². The molecule has 2 rings (SSSR count). The van der Waals surface area contributed by atoms with Crippen LogP contribution in [0.2, 0.25) is 0 Å². The molecule has 0 fully saturated rings. The minimum atomic E-state index is 0.549. The number of anilines is 1. The number of likely N-dealkylation sites (N-methyl/N-ethyl adjacent to an activating group) is 1. The van der Waals surface area contributed by atoms with Crippen LogP contribution in [0, 0.1) is 0 Å². The van der Waals surface area contributed by atoms with Crippen LogP contribution in [0.1, 0.15) is 17.1 Å². The maximum atomic E-state index is 5.86. The Morgan fingerprint density at radius 1 is 1.47 bits per heavy atom. The van der Waals surface area contributed by atoms with Crippen LogP contribution in [0.15, 0.2) is 0 Å². The van der Waals surface area contributed by atoms with Crippen molar-refractivity contribution in [2.75, 3.05) is 25.9 Å². The number of ether oxygens (including phenoxy) is 1. The van der Waals surface area contributed by atoms with Crippen LogP contribution in [-0.2, 0) is 24.2 Å². The van der Waals surface area contributed by atoms with Gasteiger partial charge in [-0.3, -0.25) is 0 Å². The standard InChI is InChI=1S/C10H16N4O/c1-12-4-2-9-13-8-3-5-15-6-7(8)10(11)14-9/h12H,2-6H2,1H3,(H2,11,13,14). The molecule has 5 nitrogen and oxygen atoms in total. The summed E-state index contributed by atoms with van der Waals surface area (Å²) in [6, 6.07) is 0. The summed E-state index contributed by atoms with van der Waals surface area (Å²) in [5, 5.41) is 3.07. The smallest absolute Gasteiger partial charge is 0.132 e. The number of nitrogen functional groups attached to an aromatic ring is 1. The zero-order valence-electron chi connectivity index (χ0n) is 8.92. The number of nitrogens with zero attached hydrogens (tertiary/aromatic N) is 2. The highest BCUT2D eigenvalue weighted by atomic mass is 16.5. The molecule has 1 aromatic heterocycles. The molecule has 15 heavy (non-hydrogen) atoms. The van der Waals surface area contributed by atoms with Crippen molar-refractivity contribution in [1.29, 1.82) is 0 Å². The molecule has 0 radical (unpaired) electrons. The summed E-state index contributed by atoms with van der Waals surface area (Å²) in [6.45, 7) is 2.15. The molecule has 0 aromatic carbocycles. The lowest BCUT2D eigenvalue weighted by Gasteiger charge is -2.17. The van der Waals surface area contributed by atoms with Gasteiger partial charge in [0.05, 0.1) is 18.9 Å². The minimum absolute atomic E-state index is 0.549. The summed E-state index contributed by atoms with van der Waals surface area (Å²) in [7, 11) is 1.91. The third kappa shape index (κ3) is 2.24. The zero-order valence-corrected chi connectivity index (χ0v) is 8.92. The van der Waals surface area contributed by atoms with Gasteiger partial charge in [-0.15, -0.1) is 0 Å². The molecule has 0 bridgehead atoms. The van der Waals surface area contributed by atoms with Gasteiger partial charge in [-0.1, -0.05) is 0 Å². The quantitative estimate of drug-likeness (QED) is 0.725. The number of nitrogens with two attached hydrogens (primary N) is 1. The Balaban J connectivity index is 2.24. The van der Waals surface area contributed by atoms with Gasteiger partial charge in [0.15, 0.2) is 0 Å². The lowest BCUT2D eigenvalue weighted by molar-refractivity contribution is 0.109. The largest absolute Gasteiger partial charge is 0.383 e. The molecule has 0 saturated carbocycles. The van der Waals surface area contributed by atoms with E-state index in [0.29, 0.717) is 12.4 Å². The van der Waals surface area contributed by atoms with Gasteiger partial charge in [0.2, 0.25) is 0 Å². The Kier molecular flexibility index (Phi) is 3.13. The number of hydrogen-bond donors (Lipinski definition) is 2. The maximum absolute atomic E-state index is 5.86. The van der Waals surface area contributed by atoms with Gasteiger partial charge >= 0.3 is 0 Å². The summed E-state index contributed by atoms with van der Waals surface area (Å²) in [4.78, 5) is 8.77. The van der Waals surface area contributed by atoms with Crippen molar-refractivity contribution in [3.05, 3.63) is 17.1 Å². The maximum Gasteiger partial charge on any atom is 0.132 e. The molecule has 0 saturated heterocycles. The van der Waals surface area contributed by atoms with Gasteiger partial charge in [0, 0.05) is 24.9 Å². The Morgan fingerprint density at radius 2 is 2.33 bits per heavy atom. The Labute approximate surface area is 89.1 Å². The number of fused-ring (bicyclic) bond motifs is 1. The van der Waals surface area contributed by atoms with Crippen LogP contribution in [-0.4, -0.2) is 30.2 Å². The van der Waals surface area contributed by atoms with Crippen molar-refractivity contribution < 1.29 is 4.74 Å². The number of aromatic nitrogens is 2. The molecule has 3 N–H and O–H groups in total. The normalized spacial score (nSPS) is 15.0. The molecule has 1 aliphatic heterocycles. The van der Waals surface area contributed by atoms with Gasteiger partial charge in [0.1, 0.15) is 11.6 Å². The van der Waals surface area contributed by atoms with Crippen LogP contribution >= 0.6 is 0 Å². The predicted octanol–water partition coefficient (Wildman–Crippen LogP) is -0.107. The second-order valence-corrected chi connectivity index (χ2v) is 3.61. The zero-order chi connectivity index (χ0) is 10.7. The van der Waals surface area contributed by atoms with Crippen LogP contribution in [0.5, 0.6) is 0 Å². The highest BCUT2D eigenvalue weighted by Crippen LogP contribution is 2.19. The Hall–Kier alpha value is -1.20. The number of rotatable bonds is 3. The third-order valence-electron chi connectivity index (χ3n) is 2.50. The minimum Gasteiger partial charge on any atom is -0.383 e. The van der Waals surface area contributed by atoms with Gasteiger partial charge in [-0.25, -0.2) is 9.97 Å². The van der Waals surface area contributed by atoms with E-state index in [1.54, 1.807) is 0 Å². The molecule has 0 spiro atoms. The van der Waals surface area contributed by atoms with Gasteiger partial charge in [0.25, 0.3) is 0 Å². The monoisotopic (exact) mass is 208 g/mol. The van der Waals surface area contributed by atoms with E-state index in [1.807, 2.05) is 7.05 Å². The van der Waals surface area contributed by atoms with E-state index < -0.39 is 0 Å². The first-order valence-electron chi connectivity index (χ1n) is 5.17. The molecular formula is C10H16N4O. The lowest BCUT2D eigenvalue weighted by Crippen LogP contribution is -2.19. The average molecular weight is 208 g/mol. The molecule has 0 amide bonds. The second kappa shape index (κ2) is 4.55. The fourth-order valence-electron chi connectivity index (χ4n) is 1.66. The molecule has 0 aliphatic carbocycles. The van der Waals surface area contributed by atoms with Crippen LogP contribution in [0.25, 0.3) is 0 Å². The van der Waals surface area contributed by atoms with Crippen molar-refractivity contribution >= 4 is 5.82 Å². The summed E-state index contributed by atoms with van der Waals surface area (Å²) in [5.74, 6) is 1.40. The van der Waals surface area contributed by atoms with Crippen molar-refractivity contribution in [3.8, 4) is 0 Å². The van der Waals surface area contributed by atoms with E-state index in [0.717, 1.165) is 43.1 Å². The summed E-state index contributed by atoms with van der Waals surface area (Å²) < 4.78 is 5.33. The SMILES string of the molecule is CNCCc1nc(N)c2c(n1)CCOC2. The summed E-state index contributed by atoms with van der Waals surface area (Å²) >= 11 is 0. The van der Waals surface area contributed by atoms with E-state index in [1.165, 1.54) is 0 Å². The van der Waals surface area contributed by atoms with Gasteiger partial charge in [-0.2, -0.15) is 0 Å². The van der Waals surface area contributed by atoms with Crippen LogP contribution < -0.4 is 11.1 Å². The molecule has 1 aromatic rings. The topological polar surface area (TPSA) is 73.1 Å². The van der Waals surface area contributed by atoms with Crippen molar-refractivity contribution in [1.82, 2.24) is 15.3 Å².